The van der Waals surface area contributed by atoms with E-state index in [2.05, 4.69) is 4.98 Å². The molecule has 0 aliphatic heterocycles. The van der Waals surface area contributed by atoms with E-state index in [1.54, 1.807) is 10.8 Å². The van der Waals surface area contributed by atoms with Crippen LogP contribution in [-0.2, 0) is 11.3 Å². The summed E-state index contributed by atoms with van der Waals surface area (Å²) in [5.41, 5.74) is 0. The number of hydrogen-bond acceptors (Lipinski definition) is 3. The molecule has 5 heteroatoms. The number of carboxylic acid groups (broad SMARTS) is 1. The summed E-state index contributed by atoms with van der Waals surface area (Å²) in [6, 6.07) is 0. The van der Waals surface area contributed by atoms with Crippen LogP contribution in [0.15, 0.2) is 12.4 Å². The molecule has 1 heterocycles. The SMILES string of the molecule is CCn1ccnc1C(=O)CCC(=O)O. The fourth-order valence-electron chi connectivity index (χ4n) is 1.15. The number of ketones is 1. The third-order valence-corrected chi connectivity index (χ3v) is 1.87. The van der Waals surface area contributed by atoms with Gasteiger partial charge in [-0.2, -0.15) is 0 Å². The van der Waals surface area contributed by atoms with Crippen LogP contribution < -0.4 is 0 Å². The molecule has 0 spiro atoms. The molecule has 1 rings (SSSR count). The second-order valence-corrected chi connectivity index (χ2v) is 2.85. The Bertz CT molecular complexity index is 344. The van der Waals surface area contributed by atoms with Crippen molar-refractivity contribution in [1.82, 2.24) is 9.55 Å². The van der Waals surface area contributed by atoms with E-state index < -0.39 is 5.97 Å². The van der Waals surface area contributed by atoms with Crippen LogP contribution in [0, 0.1) is 0 Å². The smallest absolute Gasteiger partial charge is 0.303 e. The Morgan fingerprint density at radius 1 is 1.50 bits per heavy atom. The molecule has 0 aliphatic rings. The van der Waals surface area contributed by atoms with Gasteiger partial charge in [-0.25, -0.2) is 4.98 Å². The average Bonchev–Trinajstić information content (AvgIpc) is 2.61. The first-order chi connectivity index (χ1) is 6.65. The molecule has 0 amide bonds. The summed E-state index contributed by atoms with van der Waals surface area (Å²) in [7, 11) is 0. The predicted molar refractivity (Wildman–Crippen MR) is 49.1 cm³/mol. The summed E-state index contributed by atoms with van der Waals surface area (Å²) in [5.74, 6) is -0.846. The highest BCUT2D eigenvalue weighted by Crippen LogP contribution is 2.03. The van der Waals surface area contributed by atoms with Gasteiger partial charge in [-0.1, -0.05) is 0 Å². The average molecular weight is 196 g/mol. The zero-order valence-corrected chi connectivity index (χ0v) is 7.93. The summed E-state index contributed by atoms with van der Waals surface area (Å²) < 4.78 is 1.70. The highest BCUT2D eigenvalue weighted by molar-refractivity contribution is 5.94. The molecule has 0 radical (unpaired) electrons. The molecular weight excluding hydrogens is 184 g/mol. The number of aromatic nitrogens is 2. The molecule has 0 atom stereocenters. The van der Waals surface area contributed by atoms with E-state index in [0.717, 1.165) is 0 Å². The molecule has 0 fully saturated rings. The molecule has 0 saturated heterocycles. The largest absolute Gasteiger partial charge is 0.481 e. The van der Waals surface area contributed by atoms with Gasteiger partial charge < -0.3 is 9.67 Å². The molecule has 0 aromatic carbocycles. The van der Waals surface area contributed by atoms with Gasteiger partial charge in [0.2, 0.25) is 0 Å². The molecule has 1 N–H and O–H groups in total. The van der Waals surface area contributed by atoms with Gasteiger partial charge in [0.1, 0.15) is 0 Å². The van der Waals surface area contributed by atoms with Crippen molar-refractivity contribution in [3.63, 3.8) is 0 Å². The molecule has 0 aliphatic carbocycles. The third-order valence-electron chi connectivity index (χ3n) is 1.87. The van der Waals surface area contributed by atoms with Crippen molar-refractivity contribution in [3.05, 3.63) is 18.2 Å². The van der Waals surface area contributed by atoms with Crippen LogP contribution in [0.3, 0.4) is 0 Å². The molecular formula is C9H12N2O3. The maximum atomic E-state index is 11.4. The van der Waals surface area contributed by atoms with Crippen molar-refractivity contribution in [3.8, 4) is 0 Å². The van der Waals surface area contributed by atoms with Gasteiger partial charge in [-0.3, -0.25) is 9.59 Å². The Balaban J connectivity index is 2.64. The first-order valence-corrected chi connectivity index (χ1v) is 4.41. The normalized spacial score (nSPS) is 10.1. The van der Waals surface area contributed by atoms with E-state index in [9.17, 15) is 9.59 Å². The fourth-order valence-corrected chi connectivity index (χ4v) is 1.15. The highest BCUT2D eigenvalue weighted by atomic mass is 16.4. The van der Waals surface area contributed by atoms with E-state index in [0.29, 0.717) is 12.4 Å². The number of nitrogens with zero attached hydrogens (tertiary/aromatic N) is 2. The number of carbonyl (C=O) groups excluding carboxylic acids is 1. The lowest BCUT2D eigenvalue weighted by atomic mass is 10.2. The third kappa shape index (κ3) is 2.42. The van der Waals surface area contributed by atoms with Crippen molar-refractivity contribution in [2.24, 2.45) is 0 Å². The first kappa shape index (κ1) is 10.4. The first-order valence-electron chi connectivity index (χ1n) is 4.41. The van der Waals surface area contributed by atoms with Gasteiger partial charge in [-0.05, 0) is 6.92 Å². The minimum absolute atomic E-state index is 0.00630. The van der Waals surface area contributed by atoms with Crippen LogP contribution in [0.4, 0.5) is 0 Å². The number of aryl methyl sites for hydroxylation is 1. The lowest BCUT2D eigenvalue weighted by Crippen LogP contribution is -2.10. The topological polar surface area (TPSA) is 72.2 Å². The summed E-state index contributed by atoms with van der Waals surface area (Å²) in [6.45, 7) is 2.56. The Morgan fingerprint density at radius 3 is 2.79 bits per heavy atom. The van der Waals surface area contributed by atoms with Crippen molar-refractivity contribution in [2.75, 3.05) is 0 Å². The van der Waals surface area contributed by atoms with E-state index >= 15 is 0 Å². The number of imidazole rings is 1. The zero-order chi connectivity index (χ0) is 10.6. The Morgan fingerprint density at radius 2 is 2.21 bits per heavy atom. The van der Waals surface area contributed by atoms with Gasteiger partial charge in [0.15, 0.2) is 11.6 Å². The van der Waals surface area contributed by atoms with Crippen LogP contribution in [0.1, 0.15) is 30.4 Å². The Labute approximate surface area is 81.4 Å². The molecule has 0 saturated carbocycles. The van der Waals surface area contributed by atoms with Crippen LogP contribution >= 0.6 is 0 Å². The second kappa shape index (κ2) is 4.55. The minimum atomic E-state index is -0.965. The molecule has 0 bridgehead atoms. The van der Waals surface area contributed by atoms with Crippen LogP contribution in [0.2, 0.25) is 0 Å². The summed E-state index contributed by atoms with van der Waals surface area (Å²) in [6.07, 6.45) is 3.10. The number of aliphatic carboxylic acids is 1. The molecule has 14 heavy (non-hydrogen) atoms. The van der Waals surface area contributed by atoms with Crippen molar-refractivity contribution < 1.29 is 14.7 Å². The molecule has 0 unspecified atom stereocenters. The monoisotopic (exact) mass is 196 g/mol. The number of carbonyl (C=O) groups is 2. The van der Waals surface area contributed by atoms with Gasteiger partial charge in [-0.15, -0.1) is 0 Å². The summed E-state index contributed by atoms with van der Waals surface area (Å²) in [4.78, 5) is 25.6. The van der Waals surface area contributed by atoms with Gasteiger partial charge in [0.25, 0.3) is 0 Å². The fraction of sp³-hybridized carbons (Fsp3) is 0.444. The Kier molecular flexibility index (Phi) is 3.39. The number of rotatable bonds is 5. The zero-order valence-electron chi connectivity index (χ0n) is 7.93. The quantitative estimate of drug-likeness (QED) is 0.711. The van der Waals surface area contributed by atoms with Crippen molar-refractivity contribution in [1.29, 1.82) is 0 Å². The predicted octanol–water partition coefficient (Wildman–Crippen LogP) is 0.950. The number of hydrogen-bond donors (Lipinski definition) is 1. The Hall–Kier alpha value is -1.65. The van der Waals surface area contributed by atoms with E-state index in [4.69, 9.17) is 5.11 Å². The van der Waals surface area contributed by atoms with Gasteiger partial charge in [0, 0.05) is 25.4 Å². The van der Waals surface area contributed by atoms with Crippen LogP contribution in [0.5, 0.6) is 0 Å². The number of Topliss-reactive ketones (excluding diaryl/α,β-unsaturated/α-hetero) is 1. The molecule has 76 valence electrons. The van der Waals surface area contributed by atoms with Crippen molar-refractivity contribution in [2.45, 2.75) is 26.3 Å². The van der Waals surface area contributed by atoms with Crippen LogP contribution in [-0.4, -0.2) is 26.4 Å². The van der Waals surface area contributed by atoms with Gasteiger partial charge >= 0.3 is 5.97 Å². The lowest BCUT2D eigenvalue weighted by Gasteiger charge is -2.01. The maximum absolute atomic E-state index is 11.4. The van der Waals surface area contributed by atoms with Crippen LogP contribution in [0.25, 0.3) is 0 Å². The highest BCUT2D eigenvalue weighted by Gasteiger charge is 2.12. The second-order valence-electron chi connectivity index (χ2n) is 2.85. The molecule has 5 nitrogen and oxygen atoms in total. The molecule has 1 aromatic heterocycles. The van der Waals surface area contributed by atoms with Crippen molar-refractivity contribution >= 4 is 11.8 Å². The van der Waals surface area contributed by atoms with E-state index in [1.807, 2.05) is 6.92 Å². The maximum Gasteiger partial charge on any atom is 0.303 e. The number of carboxylic acids is 1. The van der Waals surface area contributed by atoms with E-state index in [-0.39, 0.29) is 18.6 Å². The van der Waals surface area contributed by atoms with E-state index in [1.165, 1.54) is 6.20 Å². The minimum Gasteiger partial charge on any atom is -0.481 e. The standard InChI is InChI=1S/C9H12N2O3/c1-2-11-6-5-10-9(11)7(12)3-4-8(13)14/h5-6H,2-4H2,1H3,(H,13,14). The van der Waals surface area contributed by atoms with Gasteiger partial charge in [0.05, 0.1) is 6.42 Å². The molecule has 1 aromatic rings. The summed E-state index contributed by atoms with van der Waals surface area (Å²) >= 11 is 0. The summed E-state index contributed by atoms with van der Waals surface area (Å²) in [5, 5.41) is 8.41. The lowest BCUT2D eigenvalue weighted by molar-refractivity contribution is -0.136.